The summed E-state index contributed by atoms with van der Waals surface area (Å²) in [7, 11) is 0. The van der Waals surface area contributed by atoms with Gasteiger partial charge in [0.2, 0.25) is 5.82 Å². The zero-order chi connectivity index (χ0) is 22.1. The number of nitrogens with one attached hydrogen (secondary N) is 1. The minimum atomic E-state index is -0.465. The molecule has 31 heavy (non-hydrogen) atoms. The number of rotatable bonds is 5. The van der Waals surface area contributed by atoms with Crippen LogP contribution >= 0.6 is 12.2 Å². The molecule has 5 nitrogen and oxygen atoms in total. The molecular formula is C23H22F2N4OS. The lowest BCUT2D eigenvalue weighted by molar-refractivity contribution is 0.385. The molecule has 1 unspecified atom stereocenters. The van der Waals surface area contributed by atoms with Gasteiger partial charge in [0.05, 0.1) is 11.6 Å². The van der Waals surface area contributed by atoms with Gasteiger partial charge in [0.15, 0.2) is 5.11 Å². The van der Waals surface area contributed by atoms with Crippen LogP contribution in [0.15, 0.2) is 58.8 Å². The first-order valence-corrected chi connectivity index (χ1v) is 10.4. The second-order valence-corrected chi connectivity index (χ2v) is 8.26. The zero-order valence-corrected chi connectivity index (χ0v) is 18.2. The van der Waals surface area contributed by atoms with Crippen LogP contribution in [0.2, 0.25) is 0 Å². The summed E-state index contributed by atoms with van der Waals surface area (Å²) < 4.78 is 33.2. The third-order valence-corrected chi connectivity index (χ3v) is 5.40. The van der Waals surface area contributed by atoms with Crippen molar-refractivity contribution in [2.45, 2.75) is 26.8 Å². The van der Waals surface area contributed by atoms with E-state index in [2.05, 4.69) is 29.3 Å². The Hall–Kier alpha value is -3.13. The topological polar surface area (TPSA) is 54.2 Å². The van der Waals surface area contributed by atoms with E-state index in [-0.39, 0.29) is 23.3 Å². The van der Waals surface area contributed by atoms with Crippen LogP contribution in [-0.2, 0) is 0 Å². The number of hydrogen-bond acceptors (Lipinski definition) is 4. The minimum absolute atomic E-state index is 0.273. The fourth-order valence-corrected chi connectivity index (χ4v) is 3.99. The normalized spacial score (nSPS) is 16.8. The fraction of sp³-hybridized carbons (Fsp3) is 0.261. The lowest BCUT2D eigenvalue weighted by atomic mass is 9.94. The van der Waals surface area contributed by atoms with Gasteiger partial charge in [0, 0.05) is 17.8 Å². The molecule has 0 spiro atoms. The molecule has 0 fully saturated rings. The van der Waals surface area contributed by atoms with Gasteiger partial charge in [0.25, 0.3) is 5.89 Å². The number of aromatic nitrogens is 2. The molecule has 0 saturated heterocycles. The molecular weight excluding hydrogens is 418 g/mol. The van der Waals surface area contributed by atoms with Gasteiger partial charge in [-0.05, 0) is 54.9 Å². The summed E-state index contributed by atoms with van der Waals surface area (Å²) in [6, 6.07) is 11.8. The van der Waals surface area contributed by atoms with Crippen molar-refractivity contribution in [1.82, 2.24) is 20.4 Å². The predicted octanol–water partition coefficient (Wildman–Crippen LogP) is 5.33. The van der Waals surface area contributed by atoms with E-state index in [1.807, 2.05) is 17.9 Å². The van der Waals surface area contributed by atoms with Crippen LogP contribution in [0.5, 0.6) is 0 Å². The van der Waals surface area contributed by atoms with Crippen LogP contribution in [-0.4, -0.2) is 26.7 Å². The molecule has 0 saturated carbocycles. The summed E-state index contributed by atoms with van der Waals surface area (Å²) in [5.74, 6) is 0.167. The second-order valence-electron chi connectivity index (χ2n) is 7.87. The number of hydrogen-bond donors (Lipinski definition) is 1. The van der Waals surface area contributed by atoms with Gasteiger partial charge in [-0.2, -0.15) is 4.98 Å². The summed E-state index contributed by atoms with van der Waals surface area (Å²) in [6.07, 6.45) is 0. The van der Waals surface area contributed by atoms with E-state index in [1.54, 1.807) is 18.2 Å². The second kappa shape index (κ2) is 8.55. The number of nitrogens with zero attached hydrogens (tertiary/aromatic N) is 3. The van der Waals surface area contributed by atoms with Gasteiger partial charge in [0.1, 0.15) is 11.6 Å². The molecule has 2 heterocycles. The first-order chi connectivity index (χ1) is 14.8. The van der Waals surface area contributed by atoms with Crippen molar-refractivity contribution in [3.8, 4) is 11.4 Å². The highest BCUT2D eigenvalue weighted by Gasteiger charge is 2.34. The average Bonchev–Trinajstić information content (AvgIpc) is 3.20. The lowest BCUT2D eigenvalue weighted by Gasteiger charge is -2.38. The van der Waals surface area contributed by atoms with Crippen LogP contribution < -0.4 is 5.32 Å². The average molecular weight is 441 g/mol. The summed E-state index contributed by atoms with van der Waals surface area (Å²) in [5, 5.41) is 7.90. The van der Waals surface area contributed by atoms with Crippen molar-refractivity contribution in [3.63, 3.8) is 0 Å². The van der Waals surface area contributed by atoms with E-state index >= 15 is 0 Å². The Morgan fingerprint density at radius 2 is 1.84 bits per heavy atom. The van der Waals surface area contributed by atoms with Gasteiger partial charge in [-0.3, -0.25) is 0 Å². The molecule has 1 aromatic heterocycles. The minimum Gasteiger partial charge on any atom is -0.351 e. The molecule has 1 atom stereocenters. The van der Waals surface area contributed by atoms with Crippen molar-refractivity contribution in [3.05, 3.63) is 77.3 Å². The molecule has 1 N–H and O–H groups in total. The van der Waals surface area contributed by atoms with Crippen LogP contribution in [0.25, 0.3) is 17.0 Å². The highest BCUT2D eigenvalue weighted by atomic mass is 32.1. The molecule has 160 valence electrons. The molecule has 4 rings (SSSR count). The Bertz CT molecular complexity index is 1160. The Morgan fingerprint density at radius 3 is 2.52 bits per heavy atom. The molecule has 0 radical (unpaired) electrons. The SMILES string of the molecule is CC1=C(c2nc(-c3cccc(F)c3)no2)C(c2cccc(F)c2)NC(=S)N1CC(C)C. The van der Waals surface area contributed by atoms with Gasteiger partial charge >= 0.3 is 0 Å². The Balaban J connectivity index is 1.83. The number of benzene rings is 2. The first kappa shape index (κ1) is 21.1. The molecule has 2 aromatic carbocycles. The van der Waals surface area contributed by atoms with E-state index in [9.17, 15) is 8.78 Å². The smallest absolute Gasteiger partial charge is 0.258 e. The maximum atomic E-state index is 14.0. The molecule has 1 aliphatic rings. The first-order valence-electron chi connectivity index (χ1n) is 9.97. The molecule has 3 aromatic rings. The molecule has 8 heteroatoms. The highest BCUT2D eigenvalue weighted by Crippen LogP contribution is 2.37. The van der Waals surface area contributed by atoms with Gasteiger partial charge in [-0.15, -0.1) is 0 Å². The fourth-order valence-electron chi connectivity index (χ4n) is 3.66. The molecule has 1 aliphatic heterocycles. The molecule has 0 bridgehead atoms. The standard InChI is InChI=1S/C23H22F2N4OS/c1-13(2)12-29-14(3)19(20(26-23(29)31)15-6-4-8-17(24)10-15)22-27-21(28-30-22)16-7-5-9-18(25)11-16/h4-11,13,20H,12H2,1-3H3,(H,26,31). The van der Waals surface area contributed by atoms with Crippen LogP contribution in [0, 0.1) is 17.6 Å². The summed E-state index contributed by atoms with van der Waals surface area (Å²) in [6.45, 7) is 6.83. The number of halogens is 2. The summed E-state index contributed by atoms with van der Waals surface area (Å²) in [5.41, 5.74) is 2.75. The van der Waals surface area contributed by atoms with Gasteiger partial charge in [-0.25, -0.2) is 8.78 Å². The highest BCUT2D eigenvalue weighted by molar-refractivity contribution is 7.80. The van der Waals surface area contributed by atoms with Crippen LogP contribution in [0.3, 0.4) is 0 Å². The van der Waals surface area contributed by atoms with Crippen molar-refractivity contribution in [1.29, 1.82) is 0 Å². The Morgan fingerprint density at radius 1 is 1.13 bits per heavy atom. The van der Waals surface area contributed by atoms with Crippen molar-refractivity contribution >= 4 is 22.9 Å². The number of allylic oxidation sites excluding steroid dienone is 1. The van der Waals surface area contributed by atoms with Crippen LogP contribution in [0.4, 0.5) is 8.78 Å². The Labute approximate surface area is 184 Å². The van der Waals surface area contributed by atoms with E-state index < -0.39 is 6.04 Å². The summed E-state index contributed by atoms with van der Waals surface area (Å²) >= 11 is 5.61. The van der Waals surface area contributed by atoms with Crippen molar-refractivity contribution in [2.24, 2.45) is 5.92 Å². The lowest BCUT2D eigenvalue weighted by Crippen LogP contribution is -2.47. The quantitative estimate of drug-likeness (QED) is 0.541. The van der Waals surface area contributed by atoms with Crippen molar-refractivity contribution in [2.75, 3.05) is 6.54 Å². The number of thiocarbonyl (C=S) groups is 1. The maximum Gasteiger partial charge on any atom is 0.258 e. The third kappa shape index (κ3) is 4.34. The molecule has 0 aliphatic carbocycles. The van der Waals surface area contributed by atoms with E-state index in [0.29, 0.717) is 34.3 Å². The van der Waals surface area contributed by atoms with Crippen molar-refractivity contribution < 1.29 is 13.3 Å². The zero-order valence-electron chi connectivity index (χ0n) is 17.4. The van der Waals surface area contributed by atoms with Crippen LogP contribution in [0.1, 0.15) is 38.3 Å². The Kier molecular flexibility index (Phi) is 5.82. The van der Waals surface area contributed by atoms with E-state index in [1.165, 1.54) is 24.3 Å². The maximum absolute atomic E-state index is 14.0. The van der Waals surface area contributed by atoms with Gasteiger partial charge in [-0.1, -0.05) is 43.3 Å². The summed E-state index contributed by atoms with van der Waals surface area (Å²) in [4.78, 5) is 6.51. The van der Waals surface area contributed by atoms with E-state index in [4.69, 9.17) is 16.7 Å². The van der Waals surface area contributed by atoms with Gasteiger partial charge < -0.3 is 14.7 Å². The third-order valence-electron chi connectivity index (χ3n) is 5.07. The molecule has 0 amide bonds. The predicted molar refractivity (Wildman–Crippen MR) is 119 cm³/mol. The monoisotopic (exact) mass is 440 g/mol. The largest absolute Gasteiger partial charge is 0.351 e. The van der Waals surface area contributed by atoms with E-state index in [0.717, 1.165) is 5.70 Å².